The molecule has 0 aliphatic carbocycles. The molecule has 2 aromatic carbocycles. The molecule has 1 N–H and O–H groups in total. The van der Waals surface area contributed by atoms with E-state index in [0.717, 1.165) is 9.13 Å². The van der Waals surface area contributed by atoms with Gasteiger partial charge in [0.25, 0.3) is 5.56 Å². The fourth-order valence-corrected chi connectivity index (χ4v) is 2.32. The van der Waals surface area contributed by atoms with E-state index in [0.29, 0.717) is 11.4 Å². The van der Waals surface area contributed by atoms with E-state index in [2.05, 4.69) is 0 Å². The van der Waals surface area contributed by atoms with Gasteiger partial charge >= 0.3 is 5.69 Å². The van der Waals surface area contributed by atoms with Gasteiger partial charge in [-0.15, -0.1) is 0 Å². The van der Waals surface area contributed by atoms with E-state index >= 15 is 0 Å². The predicted molar refractivity (Wildman–Crippen MR) is 84.0 cm³/mol. The van der Waals surface area contributed by atoms with Gasteiger partial charge in [-0.25, -0.2) is 13.9 Å². The SMILES string of the molecule is Cc1c(O)n(-c2ccccc2)c(=O)n(-c2ccccc2)c1=O. The number of hydrogen-bond donors (Lipinski definition) is 1. The van der Waals surface area contributed by atoms with Gasteiger partial charge in [-0.05, 0) is 31.2 Å². The zero-order valence-electron chi connectivity index (χ0n) is 11.9. The molecule has 0 saturated heterocycles. The Morgan fingerprint density at radius 2 is 1.23 bits per heavy atom. The molecule has 0 bridgehead atoms. The summed E-state index contributed by atoms with van der Waals surface area (Å²) in [4.78, 5) is 25.1. The number of aromatic hydroxyl groups is 1. The Hall–Kier alpha value is -3.08. The molecule has 0 radical (unpaired) electrons. The highest BCUT2D eigenvalue weighted by molar-refractivity contribution is 5.40. The van der Waals surface area contributed by atoms with Crippen molar-refractivity contribution < 1.29 is 5.11 Å². The summed E-state index contributed by atoms with van der Waals surface area (Å²) in [6, 6.07) is 17.4. The van der Waals surface area contributed by atoms with Crippen LogP contribution in [0.25, 0.3) is 11.4 Å². The van der Waals surface area contributed by atoms with Gasteiger partial charge < -0.3 is 5.11 Å². The molecular formula is C17H14N2O3. The maximum absolute atomic E-state index is 12.7. The van der Waals surface area contributed by atoms with Gasteiger partial charge in [0.15, 0.2) is 0 Å². The molecule has 1 aromatic heterocycles. The average Bonchev–Trinajstić information content (AvgIpc) is 2.55. The Bertz CT molecular complexity index is 926. The lowest BCUT2D eigenvalue weighted by atomic mass is 10.2. The maximum atomic E-state index is 12.7. The van der Waals surface area contributed by atoms with Crippen molar-refractivity contribution in [3.63, 3.8) is 0 Å². The van der Waals surface area contributed by atoms with Crippen LogP contribution in [0.1, 0.15) is 5.56 Å². The molecule has 5 nitrogen and oxygen atoms in total. The van der Waals surface area contributed by atoms with E-state index in [4.69, 9.17) is 0 Å². The first-order chi connectivity index (χ1) is 10.6. The summed E-state index contributed by atoms with van der Waals surface area (Å²) in [5.74, 6) is -0.339. The molecule has 0 fully saturated rings. The van der Waals surface area contributed by atoms with Crippen molar-refractivity contribution in [1.82, 2.24) is 9.13 Å². The quantitative estimate of drug-likeness (QED) is 0.786. The minimum absolute atomic E-state index is 0.118. The molecule has 22 heavy (non-hydrogen) atoms. The maximum Gasteiger partial charge on any atom is 0.343 e. The molecule has 0 aliphatic rings. The van der Waals surface area contributed by atoms with E-state index in [9.17, 15) is 14.7 Å². The van der Waals surface area contributed by atoms with Crippen LogP contribution in [-0.2, 0) is 0 Å². The van der Waals surface area contributed by atoms with Crippen LogP contribution in [0.3, 0.4) is 0 Å². The van der Waals surface area contributed by atoms with Gasteiger partial charge in [-0.1, -0.05) is 36.4 Å². The van der Waals surface area contributed by atoms with Crippen molar-refractivity contribution in [1.29, 1.82) is 0 Å². The number of para-hydroxylation sites is 2. The zero-order chi connectivity index (χ0) is 15.7. The van der Waals surface area contributed by atoms with Crippen LogP contribution in [0.5, 0.6) is 5.88 Å². The molecule has 3 rings (SSSR count). The second-order valence-electron chi connectivity index (χ2n) is 4.88. The minimum atomic E-state index is -0.606. The Labute approximate surface area is 126 Å². The lowest BCUT2D eigenvalue weighted by Crippen LogP contribution is -2.39. The minimum Gasteiger partial charge on any atom is -0.494 e. The fourth-order valence-electron chi connectivity index (χ4n) is 2.32. The van der Waals surface area contributed by atoms with Crippen molar-refractivity contribution in [2.75, 3.05) is 0 Å². The van der Waals surface area contributed by atoms with Crippen molar-refractivity contribution in [3.05, 3.63) is 87.1 Å². The summed E-state index contributed by atoms with van der Waals surface area (Å²) in [7, 11) is 0. The molecule has 0 saturated carbocycles. The van der Waals surface area contributed by atoms with Crippen molar-refractivity contribution >= 4 is 0 Å². The molecule has 1 heterocycles. The Kier molecular flexibility index (Phi) is 3.39. The summed E-state index contributed by atoms with van der Waals surface area (Å²) < 4.78 is 2.19. The number of benzene rings is 2. The largest absolute Gasteiger partial charge is 0.494 e. The Morgan fingerprint density at radius 1 is 0.773 bits per heavy atom. The first-order valence-corrected chi connectivity index (χ1v) is 6.79. The molecule has 0 aliphatic heterocycles. The topological polar surface area (TPSA) is 64.2 Å². The van der Waals surface area contributed by atoms with E-state index in [-0.39, 0.29) is 11.4 Å². The normalized spacial score (nSPS) is 10.6. The summed E-state index contributed by atoms with van der Waals surface area (Å²) in [5.41, 5.74) is -0.0539. The van der Waals surface area contributed by atoms with Crippen molar-refractivity contribution in [2.24, 2.45) is 0 Å². The van der Waals surface area contributed by atoms with Crippen LogP contribution in [0.15, 0.2) is 70.3 Å². The van der Waals surface area contributed by atoms with Crippen LogP contribution < -0.4 is 11.2 Å². The molecule has 110 valence electrons. The Morgan fingerprint density at radius 3 is 1.73 bits per heavy atom. The molecule has 5 heteroatoms. The van der Waals surface area contributed by atoms with Gasteiger partial charge in [0, 0.05) is 0 Å². The Balaban J connectivity index is 2.42. The standard InChI is InChI=1S/C17H14N2O3/c1-12-15(20)18(13-8-4-2-5-9-13)17(22)19(16(12)21)14-10-6-3-7-11-14/h2-11,20H,1H3. The first-order valence-electron chi connectivity index (χ1n) is 6.79. The van der Waals surface area contributed by atoms with Gasteiger partial charge in [0.1, 0.15) is 0 Å². The highest BCUT2D eigenvalue weighted by Gasteiger charge is 2.17. The van der Waals surface area contributed by atoms with E-state index < -0.39 is 11.2 Å². The summed E-state index contributed by atoms with van der Waals surface area (Å²) in [6.07, 6.45) is 0. The lowest BCUT2D eigenvalue weighted by molar-refractivity contribution is 0.423. The highest BCUT2D eigenvalue weighted by Crippen LogP contribution is 2.16. The summed E-state index contributed by atoms with van der Waals surface area (Å²) >= 11 is 0. The molecule has 0 atom stereocenters. The fraction of sp³-hybridized carbons (Fsp3) is 0.0588. The van der Waals surface area contributed by atoms with Crippen LogP contribution in [0.4, 0.5) is 0 Å². The van der Waals surface area contributed by atoms with E-state index in [1.807, 2.05) is 6.07 Å². The molecule has 0 amide bonds. The predicted octanol–water partition coefficient (Wildman–Crippen LogP) is 2.00. The number of nitrogens with zero attached hydrogens (tertiary/aromatic N) is 2. The van der Waals surface area contributed by atoms with E-state index in [1.165, 1.54) is 6.92 Å². The van der Waals surface area contributed by atoms with Crippen LogP contribution in [0.2, 0.25) is 0 Å². The van der Waals surface area contributed by atoms with Crippen LogP contribution >= 0.6 is 0 Å². The number of aromatic nitrogens is 2. The lowest BCUT2D eigenvalue weighted by Gasteiger charge is -2.14. The first kappa shape index (κ1) is 13.9. The third-order valence-corrected chi connectivity index (χ3v) is 3.48. The van der Waals surface area contributed by atoms with Gasteiger partial charge in [0.05, 0.1) is 16.9 Å². The van der Waals surface area contributed by atoms with Crippen LogP contribution in [-0.4, -0.2) is 14.2 Å². The summed E-state index contributed by atoms with van der Waals surface area (Å²) in [6.45, 7) is 1.50. The molecule has 3 aromatic rings. The van der Waals surface area contributed by atoms with Crippen LogP contribution in [0, 0.1) is 6.92 Å². The number of rotatable bonds is 2. The smallest absolute Gasteiger partial charge is 0.343 e. The molecular weight excluding hydrogens is 280 g/mol. The summed E-state index contributed by atoms with van der Waals surface area (Å²) in [5, 5.41) is 10.2. The second-order valence-corrected chi connectivity index (χ2v) is 4.88. The van der Waals surface area contributed by atoms with Gasteiger partial charge in [-0.2, -0.15) is 0 Å². The highest BCUT2D eigenvalue weighted by atomic mass is 16.3. The average molecular weight is 294 g/mol. The second kappa shape index (κ2) is 5.37. The third-order valence-electron chi connectivity index (χ3n) is 3.48. The van der Waals surface area contributed by atoms with Crippen molar-refractivity contribution in [2.45, 2.75) is 6.92 Å². The number of hydrogen-bond acceptors (Lipinski definition) is 3. The van der Waals surface area contributed by atoms with E-state index in [1.54, 1.807) is 54.6 Å². The molecule has 0 unspecified atom stereocenters. The molecule has 0 spiro atoms. The van der Waals surface area contributed by atoms with Gasteiger partial charge in [-0.3, -0.25) is 4.79 Å². The third kappa shape index (κ3) is 2.13. The van der Waals surface area contributed by atoms with Crippen molar-refractivity contribution in [3.8, 4) is 17.3 Å². The van der Waals surface area contributed by atoms with Gasteiger partial charge in [0.2, 0.25) is 5.88 Å². The monoisotopic (exact) mass is 294 g/mol. The zero-order valence-corrected chi connectivity index (χ0v) is 11.9.